The molecule has 0 unspecified atom stereocenters. The van der Waals surface area contributed by atoms with Gasteiger partial charge < -0.3 is 10.2 Å². The van der Waals surface area contributed by atoms with E-state index >= 15 is 0 Å². The largest absolute Gasteiger partial charge is 0.416 e. The molecule has 0 bridgehead atoms. The van der Waals surface area contributed by atoms with E-state index in [4.69, 9.17) is 16.4 Å². The van der Waals surface area contributed by atoms with Gasteiger partial charge in [-0.3, -0.25) is 4.79 Å². The smallest absolute Gasteiger partial charge is 0.385 e. The summed E-state index contributed by atoms with van der Waals surface area (Å²) < 4.78 is 37.5. The normalized spacial score (nSPS) is 11.5. The van der Waals surface area contributed by atoms with Crippen LogP contribution in [0.5, 0.6) is 0 Å². The topological polar surface area (TPSA) is 69.0 Å². The van der Waals surface area contributed by atoms with Gasteiger partial charge >= 0.3 is 6.18 Å². The number of aromatic nitrogens is 3. The van der Waals surface area contributed by atoms with Crippen molar-refractivity contribution in [3.05, 3.63) is 53.1 Å². The van der Waals surface area contributed by atoms with Gasteiger partial charge in [-0.1, -0.05) is 16.4 Å². The van der Waals surface area contributed by atoms with Crippen molar-refractivity contribution in [1.29, 1.82) is 0 Å². The van der Waals surface area contributed by atoms with Crippen LogP contribution >= 0.6 is 11.6 Å². The number of carbonyl (C=O) groups excluding carboxylic acids is 1. The van der Waals surface area contributed by atoms with Crippen molar-refractivity contribution in [2.45, 2.75) is 6.18 Å². The monoisotopic (exact) mass is 370 g/mol. The van der Waals surface area contributed by atoms with Crippen LogP contribution in [0.25, 0.3) is 11.0 Å². The molecule has 130 valence electrons. The number of nitrogens with zero attached hydrogens (tertiary/aromatic N) is 3. The summed E-state index contributed by atoms with van der Waals surface area (Å²) in [6, 6.07) is 8.93. The average Bonchev–Trinajstić information content (AvgIpc) is 2.95. The van der Waals surface area contributed by atoms with Crippen molar-refractivity contribution in [1.82, 2.24) is 15.2 Å². The van der Waals surface area contributed by atoms with Gasteiger partial charge in [-0.15, -0.1) is 5.10 Å². The molecule has 0 aliphatic rings. The van der Waals surface area contributed by atoms with E-state index in [1.165, 1.54) is 0 Å². The predicted octanol–water partition coefficient (Wildman–Crippen LogP) is 3.17. The van der Waals surface area contributed by atoms with Gasteiger partial charge in [0.05, 0.1) is 5.56 Å². The minimum atomic E-state index is -4.43. The van der Waals surface area contributed by atoms with Crippen LogP contribution in [0.4, 0.5) is 18.9 Å². The van der Waals surface area contributed by atoms with Crippen LogP contribution in [-0.2, 0) is 11.0 Å². The molecule has 0 spiro atoms. The maximum Gasteiger partial charge on any atom is 0.416 e. The van der Waals surface area contributed by atoms with Gasteiger partial charge in [0.1, 0.15) is 11.0 Å². The van der Waals surface area contributed by atoms with Crippen molar-refractivity contribution >= 4 is 34.2 Å². The third-order valence-electron chi connectivity index (χ3n) is 3.19. The third-order valence-corrected chi connectivity index (χ3v) is 3.43. The van der Waals surface area contributed by atoms with Gasteiger partial charge in [0.2, 0.25) is 0 Å². The lowest BCUT2D eigenvalue weighted by Gasteiger charge is -2.09. The van der Waals surface area contributed by atoms with E-state index < -0.39 is 24.3 Å². The first-order chi connectivity index (χ1) is 11.8. The minimum absolute atomic E-state index is 0.216. The Kier molecular flexibility index (Phi) is 4.49. The number of halogens is 4. The quantitative estimate of drug-likeness (QED) is 0.766. The molecule has 3 aromatic rings. The molecule has 0 saturated carbocycles. The summed E-state index contributed by atoms with van der Waals surface area (Å²) in [6.45, 7) is -0.411. The summed E-state index contributed by atoms with van der Waals surface area (Å²) in [5.41, 5.74) is 0.434. The summed E-state index contributed by atoms with van der Waals surface area (Å²) in [4.78, 5) is 18.1. The highest BCUT2D eigenvalue weighted by Gasteiger charge is 2.29. The number of hydrogen-bond donors (Lipinski definition) is 1. The Balaban J connectivity index is 1.62. The van der Waals surface area contributed by atoms with Crippen LogP contribution in [-0.4, -0.2) is 27.7 Å². The molecule has 2 aromatic carbocycles. The zero-order chi connectivity index (χ0) is 18.0. The van der Waals surface area contributed by atoms with Crippen LogP contribution in [0, 0.1) is 0 Å². The van der Waals surface area contributed by atoms with Gasteiger partial charge in [0.15, 0.2) is 6.61 Å². The maximum absolute atomic E-state index is 12.5. The number of rotatable bonds is 4. The number of amides is 1. The van der Waals surface area contributed by atoms with Crippen LogP contribution in [0.3, 0.4) is 0 Å². The Labute approximate surface area is 144 Å². The van der Waals surface area contributed by atoms with Crippen LogP contribution < -0.4 is 10.2 Å². The standard InChI is InChI=1S/C15H10ClF3N4O2/c16-10-3-6-12-13(7-10)23(22-21-12)25-8-14(24)20-11-4-1-9(2-5-11)15(17,18)19/h1-7H,8H2,(H,20,24). The van der Waals surface area contributed by atoms with E-state index in [1.807, 2.05) is 0 Å². The summed E-state index contributed by atoms with van der Waals surface area (Å²) >= 11 is 5.88. The number of anilines is 1. The first-order valence-corrected chi connectivity index (χ1v) is 7.32. The molecule has 0 atom stereocenters. The van der Waals surface area contributed by atoms with Gasteiger partial charge in [-0.2, -0.15) is 13.2 Å². The van der Waals surface area contributed by atoms with Crippen molar-refractivity contribution in [3.63, 3.8) is 0 Å². The SMILES string of the molecule is O=C(COn1nnc2ccc(Cl)cc21)Nc1ccc(C(F)(F)F)cc1. The summed E-state index contributed by atoms with van der Waals surface area (Å²) in [6.07, 6.45) is -4.43. The van der Waals surface area contributed by atoms with Gasteiger partial charge in [0, 0.05) is 10.7 Å². The van der Waals surface area contributed by atoms with E-state index in [1.54, 1.807) is 18.2 Å². The van der Waals surface area contributed by atoms with Gasteiger partial charge in [-0.25, -0.2) is 0 Å². The summed E-state index contributed by atoms with van der Waals surface area (Å²) in [7, 11) is 0. The van der Waals surface area contributed by atoms with Crippen LogP contribution in [0.1, 0.15) is 5.56 Å². The van der Waals surface area contributed by atoms with Crippen molar-refractivity contribution < 1.29 is 22.8 Å². The first kappa shape index (κ1) is 17.0. The third kappa shape index (κ3) is 4.00. The highest BCUT2D eigenvalue weighted by atomic mass is 35.5. The number of carbonyl (C=O) groups is 1. The molecule has 3 rings (SSSR count). The lowest BCUT2D eigenvalue weighted by Crippen LogP contribution is -2.26. The average molecular weight is 371 g/mol. The second-order valence-electron chi connectivity index (χ2n) is 4.99. The highest BCUT2D eigenvalue weighted by molar-refractivity contribution is 6.31. The molecule has 1 N–H and O–H groups in total. The Morgan fingerprint density at radius 1 is 1.20 bits per heavy atom. The zero-order valence-electron chi connectivity index (χ0n) is 12.4. The molecule has 0 radical (unpaired) electrons. The predicted molar refractivity (Wildman–Crippen MR) is 84.1 cm³/mol. The Bertz CT molecular complexity index is 909. The molecule has 6 nitrogen and oxygen atoms in total. The number of fused-ring (bicyclic) bond motifs is 1. The molecule has 0 aliphatic heterocycles. The van der Waals surface area contributed by atoms with Crippen LogP contribution in [0.15, 0.2) is 42.5 Å². The molecule has 0 fully saturated rings. The molecular weight excluding hydrogens is 361 g/mol. The molecule has 0 saturated heterocycles. The summed E-state index contributed by atoms with van der Waals surface area (Å²) in [5.74, 6) is -0.564. The number of hydrogen-bond acceptors (Lipinski definition) is 4. The maximum atomic E-state index is 12.5. The molecule has 25 heavy (non-hydrogen) atoms. The fourth-order valence-electron chi connectivity index (χ4n) is 2.03. The summed E-state index contributed by atoms with van der Waals surface area (Å²) in [5, 5.41) is 10.5. The molecule has 0 aliphatic carbocycles. The van der Waals surface area contributed by atoms with Gasteiger partial charge in [-0.05, 0) is 47.7 Å². The Hall–Kier alpha value is -2.81. The first-order valence-electron chi connectivity index (χ1n) is 6.94. The number of alkyl halides is 3. The Morgan fingerprint density at radius 2 is 1.92 bits per heavy atom. The van der Waals surface area contributed by atoms with E-state index in [0.29, 0.717) is 16.1 Å². The molecule has 1 heterocycles. The molecule has 1 aromatic heterocycles. The van der Waals surface area contributed by atoms with E-state index in [-0.39, 0.29) is 5.69 Å². The molecule has 1 amide bonds. The van der Waals surface area contributed by atoms with Crippen LogP contribution in [0.2, 0.25) is 5.02 Å². The molecular formula is C15H10ClF3N4O2. The lowest BCUT2D eigenvalue weighted by molar-refractivity contribution is -0.137. The zero-order valence-corrected chi connectivity index (χ0v) is 13.2. The minimum Gasteiger partial charge on any atom is -0.385 e. The van der Waals surface area contributed by atoms with Crippen molar-refractivity contribution in [2.24, 2.45) is 0 Å². The molecule has 10 heteroatoms. The van der Waals surface area contributed by atoms with Crippen molar-refractivity contribution in [3.8, 4) is 0 Å². The van der Waals surface area contributed by atoms with E-state index in [2.05, 4.69) is 15.6 Å². The number of benzene rings is 2. The van der Waals surface area contributed by atoms with Crippen molar-refractivity contribution in [2.75, 3.05) is 11.9 Å². The fourth-order valence-corrected chi connectivity index (χ4v) is 2.19. The number of nitrogens with one attached hydrogen (secondary N) is 1. The van der Waals surface area contributed by atoms with E-state index in [0.717, 1.165) is 29.1 Å². The van der Waals surface area contributed by atoms with E-state index in [9.17, 15) is 18.0 Å². The lowest BCUT2D eigenvalue weighted by atomic mass is 10.2. The van der Waals surface area contributed by atoms with Gasteiger partial charge in [0.25, 0.3) is 5.91 Å². The Morgan fingerprint density at radius 3 is 2.60 bits per heavy atom. The fraction of sp³-hybridized carbons (Fsp3) is 0.133. The second kappa shape index (κ2) is 6.60. The highest BCUT2D eigenvalue weighted by Crippen LogP contribution is 2.29. The second-order valence-corrected chi connectivity index (χ2v) is 5.43.